The van der Waals surface area contributed by atoms with Gasteiger partial charge in [0.25, 0.3) is 0 Å². The van der Waals surface area contributed by atoms with Gasteiger partial charge in [-0.3, -0.25) is 0 Å². The van der Waals surface area contributed by atoms with Crippen LogP contribution in [0.5, 0.6) is 0 Å². The van der Waals surface area contributed by atoms with Crippen molar-refractivity contribution >= 4 is 23.9 Å². The molecule has 256 valence electrons. The van der Waals surface area contributed by atoms with Crippen LogP contribution in [0.2, 0.25) is 0 Å². The Hall–Kier alpha value is -6.24. The molecule has 49 heavy (non-hydrogen) atoms. The highest BCUT2D eigenvalue weighted by Gasteiger charge is 2.39. The standard InChI is InChI=1S/C37H40N4O8/c1-10-23(5)14-28(18-38)34(42)46-22-32(48-36(44)30(20-40)16-25(7)12-3)33(49-37(45)31(21-41)17-26(8)13-4)27(9)47-35(43)29(19-39)15-24(6)11-2/h14-17,27,32-33H,5-8,10-13,22H2,1-4,9H3/b28-14-,29-15-,30-16-,31-17-. The summed E-state index contributed by atoms with van der Waals surface area (Å²) in [6, 6.07) is 6.76. The van der Waals surface area contributed by atoms with Gasteiger partial charge in [-0.15, -0.1) is 0 Å². The van der Waals surface area contributed by atoms with E-state index in [2.05, 4.69) is 26.3 Å². The molecule has 0 aromatic rings. The van der Waals surface area contributed by atoms with Crippen molar-refractivity contribution in [2.75, 3.05) is 6.61 Å². The van der Waals surface area contributed by atoms with Crippen molar-refractivity contribution in [1.29, 1.82) is 21.0 Å². The predicted octanol–water partition coefficient (Wildman–Crippen LogP) is 5.95. The molecule has 3 unspecified atom stereocenters. The van der Waals surface area contributed by atoms with Gasteiger partial charge >= 0.3 is 23.9 Å². The van der Waals surface area contributed by atoms with Gasteiger partial charge in [0, 0.05) is 0 Å². The first-order valence-corrected chi connectivity index (χ1v) is 15.1. The van der Waals surface area contributed by atoms with Gasteiger partial charge in [-0.1, -0.05) is 76.3 Å². The zero-order chi connectivity index (χ0) is 37.7. The lowest BCUT2D eigenvalue weighted by Crippen LogP contribution is -2.47. The second kappa shape index (κ2) is 22.3. The molecule has 0 aromatic heterocycles. The molecule has 0 saturated heterocycles. The fraction of sp³-hybridized carbons (Fsp3) is 0.351. The third-order valence-corrected chi connectivity index (χ3v) is 6.57. The van der Waals surface area contributed by atoms with Gasteiger partial charge in [0.1, 0.15) is 59.3 Å². The smallest absolute Gasteiger partial charge is 0.349 e. The average molecular weight is 669 g/mol. The lowest BCUT2D eigenvalue weighted by molar-refractivity contribution is -0.184. The Labute approximate surface area is 287 Å². The molecule has 0 aliphatic rings. The van der Waals surface area contributed by atoms with Gasteiger partial charge in [0.2, 0.25) is 0 Å². The summed E-state index contributed by atoms with van der Waals surface area (Å²) in [4.78, 5) is 52.4. The summed E-state index contributed by atoms with van der Waals surface area (Å²) in [5, 5.41) is 38.4. The fourth-order valence-electron chi connectivity index (χ4n) is 3.37. The van der Waals surface area contributed by atoms with E-state index in [0.29, 0.717) is 48.0 Å². The average Bonchev–Trinajstić information content (AvgIpc) is 3.09. The molecule has 0 aliphatic heterocycles. The summed E-state index contributed by atoms with van der Waals surface area (Å²) in [6.45, 7) is 22.2. The zero-order valence-electron chi connectivity index (χ0n) is 28.5. The Morgan fingerprint density at radius 2 is 0.857 bits per heavy atom. The molecule has 0 N–H and O–H groups in total. The Morgan fingerprint density at radius 1 is 0.551 bits per heavy atom. The van der Waals surface area contributed by atoms with Crippen LogP contribution >= 0.6 is 0 Å². The fourth-order valence-corrected chi connectivity index (χ4v) is 3.37. The number of nitriles is 4. The quantitative estimate of drug-likeness (QED) is 0.0515. The molecule has 0 bridgehead atoms. The van der Waals surface area contributed by atoms with E-state index < -0.39 is 71.1 Å². The van der Waals surface area contributed by atoms with Crippen LogP contribution in [0.15, 0.2) is 95.2 Å². The highest BCUT2D eigenvalue weighted by molar-refractivity contribution is 5.95. The van der Waals surface area contributed by atoms with Crippen molar-refractivity contribution in [2.24, 2.45) is 0 Å². The van der Waals surface area contributed by atoms with Crippen LogP contribution in [0.25, 0.3) is 0 Å². The van der Waals surface area contributed by atoms with Crippen molar-refractivity contribution in [2.45, 2.75) is 78.6 Å². The minimum absolute atomic E-state index is 0.379. The van der Waals surface area contributed by atoms with Crippen LogP contribution in [0.3, 0.4) is 0 Å². The number of carbonyl (C=O) groups excluding carboxylic acids is 4. The number of ether oxygens (including phenoxy) is 4. The van der Waals surface area contributed by atoms with E-state index >= 15 is 0 Å². The lowest BCUT2D eigenvalue weighted by Gasteiger charge is -2.30. The molecule has 0 aliphatic carbocycles. The summed E-state index contributed by atoms with van der Waals surface area (Å²) < 4.78 is 21.8. The predicted molar refractivity (Wildman–Crippen MR) is 179 cm³/mol. The van der Waals surface area contributed by atoms with Crippen molar-refractivity contribution in [3.63, 3.8) is 0 Å². The van der Waals surface area contributed by atoms with Gasteiger partial charge in [0.15, 0.2) is 12.2 Å². The van der Waals surface area contributed by atoms with Crippen molar-refractivity contribution < 1.29 is 38.1 Å². The second-order valence-corrected chi connectivity index (χ2v) is 10.2. The number of allylic oxidation sites excluding steroid dienone is 8. The van der Waals surface area contributed by atoms with Crippen LogP contribution < -0.4 is 0 Å². The molecule has 3 atom stereocenters. The number of esters is 4. The van der Waals surface area contributed by atoms with E-state index in [9.17, 15) is 40.2 Å². The van der Waals surface area contributed by atoms with E-state index in [1.165, 1.54) is 31.2 Å². The van der Waals surface area contributed by atoms with E-state index in [1.807, 2.05) is 0 Å². The minimum Gasteiger partial charge on any atom is -0.457 e. The molecule has 0 heterocycles. The van der Waals surface area contributed by atoms with Crippen LogP contribution in [-0.4, -0.2) is 48.8 Å². The van der Waals surface area contributed by atoms with Crippen molar-refractivity contribution in [3.8, 4) is 24.3 Å². The SMILES string of the molecule is C=C(/C=C(/C#N)C(=O)OCC(OC(=O)/C(C#N)=C\C(=C)CC)C(OC(=O)/C(C#N)=C\C(=C)CC)C(C)OC(=O)/C(C#N)=C\C(=C)CC)CC. The molecular formula is C37H40N4O8. The van der Waals surface area contributed by atoms with Gasteiger partial charge < -0.3 is 18.9 Å². The van der Waals surface area contributed by atoms with Gasteiger partial charge in [-0.25, -0.2) is 19.2 Å². The molecule has 12 nitrogen and oxygen atoms in total. The molecule has 0 saturated carbocycles. The Kier molecular flexibility index (Phi) is 19.5. The maximum Gasteiger partial charge on any atom is 0.349 e. The third kappa shape index (κ3) is 14.8. The molecule has 0 aromatic carbocycles. The van der Waals surface area contributed by atoms with E-state index in [1.54, 1.807) is 52.0 Å². The van der Waals surface area contributed by atoms with Crippen LogP contribution in [0.1, 0.15) is 60.3 Å². The minimum atomic E-state index is -1.82. The molecule has 0 amide bonds. The Morgan fingerprint density at radius 3 is 1.18 bits per heavy atom. The monoisotopic (exact) mass is 668 g/mol. The lowest BCUT2D eigenvalue weighted by atomic mass is 10.1. The van der Waals surface area contributed by atoms with Crippen LogP contribution in [0, 0.1) is 45.3 Å². The van der Waals surface area contributed by atoms with Gasteiger partial charge in [-0.05, 0) is 56.9 Å². The number of nitrogens with zero attached hydrogens (tertiary/aromatic N) is 4. The molecular weight excluding hydrogens is 628 g/mol. The van der Waals surface area contributed by atoms with Gasteiger partial charge in [-0.2, -0.15) is 21.0 Å². The maximum atomic E-state index is 13.3. The first-order valence-electron chi connectivity index (χ1n) is 15.1. The van der Waals surface area contributed by atoms with Crippen LogP contribution in [-0.2, 0) is 38.1 Å². The normalized spacial score (nSPS) is 13.4. The topological polar surface area (TPSA) is 200 Å². The third-order valence-electron chi connectivity index (χ3n) is 6.57. The Bertz CT molecular complexity index is 1650. The van der Waals surface area contributed by atoms with E-state index in [-0.39, 0.29) is 0 Å². The maximum absolute atomic E-state index is 13.3. The van der Waals surface area contributed by atoms with Crippen molar-refractivity contribution in [3.05, 3.63) is 95.2 Å². The molecule has 0 spiro atoms. The zero-order valence-corrected chi connectivity index (χ0v) is 28.5. The molecule has 0 radical (unpaired) electrons. The first kappa shape index (κ1) is 42.8. The summed E-state index contributed by atoms with van der Waals surface area (Å²) in [7, 11) is 0. The number of carbonyl (C=O) groups is 4. The summed E-state index contributed by atoms with van der Waals surface area (Å²) >= 11 is 0. The first-order chi connectivity index (χ1) is 23.2. The van der Waals surface area contributed by atoms with Gasteiger partial charge in [0.05, 0.1) is 0 Å². The second-order valence-electron chi connectivity index (χ2n) is 10.2. The molecule has 12 heteroatoms. The summed E-state index contributed by atoms with van der Waals surface area (Å²) in [5.41, 5.74) is -0.280. The van der Waals surface area contributed by atoms with Crippen molar-refractivity contribution in [1.82, 2.24) is 0 Å². The number of rotatable bonds is 19. The van der Waals surface area contributed by atoms with E-state index in [0.717, 1.165) is 0 Å². The highest BCUT2D eigenvalue weighted by Crippen LogP contribution is 2.20. The van der Waals surface area contributed by atoms with E-state index in [4.69, 9.17) is 18.9 Å². The number of hydrogen-bond donors (Lipinski definition) is 0. The largest absolute Gasteiger partial charge is 0.457 e. The number of hydrogen-bond acceptors (Lipinski definition) is 12. The highest BCUT2D eigenvalue weighted by atomic mass is 16.6. The Balaban J connectivity index is 7.21. The summed E-state index contributed by atoms with van der Waals surface area (Å²) in [5.74, 6) is -4.82. The van der Waals surface area contributed by atoms with Crippen LogP contribution in [0.4, 0.5) is 0 Å². The summed E-state index contributed by atoms with van der Waals surface area (Å²) in [6.07, 6.45) is 1.15. The molecule has 0 fully saturated rings. The molecule has 0 rings (SSSR count).